The number of hydrogen-bond donors (Lipinski definition) is 0. The summed E-state index contributed by atoms with van der Waals surface area (Å²) in [4.78, 5) is 0. The van der Waals surface area contributed by atoms with Crippen molar-refractivity contribution in [2.45, 2.75) is 25.4 Å². The zero-order valence-electron chi connectivity index (χ0n) is 8.89. The van der Waals surface area contributed by atoms with E-state index in [0.717, 1.165) is 13.0 Å². The van der Waals surface area contributed by atoms with Crippen LogP contribution in [0, 0.1) is 0 Å². The molecule has 0 N–H and O–H groups in total. The van der Waals surface area contributed by atoms with Crippen LogP contribution in [0.1, 0.15) is 12.0 Å². The van der Waals surface area contributed by atoms with Gasteiger partial charge in [-0.05, 0) is 5.56 Å². The molecule has 1 aromatic carbocycles. The Balaban J connectivity index is 1.83. The molecule has 0 aliphatic carbocycles. The lowest BCUT2D eigenvalue weighted by molar-refractivity contribution is -0.150. The van der Waals surface area contributed by atoms with Crippen molar-refractivity contribution in [3.8, 4) is 0 Å². The number of methoxy groups -OCH3 is 1. The van der Waals surface area contributed by atoms with E-state index in [4.69, 9.17) is 14.2 Å². The summed E-state index contributed by atoms with van der Waals surface area (Å²) in [5, 5.41) is 0. The quantitative estimate of drug-likeness (QED) is 0.757. The van der Waals surface area contributed by atoms with E-state index in [-0.39, 0.29) is 12.4 Å². The van der Waals surface area contributed by atoms with E-state index < -0.39 is 0 Å². The molecule has 82 valence electrons. The standard InChI is InChI=1S/C12H16O3/c1-13-12-11(7-8-14-12)15-9-10-5-3-2-4-6-10/h2-6,11-12H,7-9H2,1H3/t11-,12-/m0/s1. The molecule has 3 nitrogen and oxygen atoms in total. The Morgan fingerprint density at radius 2 is 2.13 bits per heavy atom. The Morgan fingerprint density at radius 3 is 2.87 bits per heavy atom. The lowest BCUT2D eigenvalue weighted by Crippen LogP contribution is -2.25. The van der Waals surface area contributed by atoms with Crippen LogP contribution in [-0.4, -0.2) is 26.1 Å². The van der Waals surface area contributed by atoms with Crippen molar-refractivity contribution in [1.29, 1.82) is 0 Å². The molecule has 1 aliphatic heterocycles. The minimum Gasteiger partial charge on any atom is -0.368 e. The smallest absolute Gasteiger partial charge is 0.183 e. The fourth-order valence-corrected chi connectivity index (χ4v) is 1.70. The van der Waals surface area contributed by atoms with Gasteiger partial charge in [0.15, 0.2) is 6.29 Å². The largest absolute Gasteiger partial charge is 0.368 e. The third-order valence-electron chi connectivity index (χ3n) is 2.53. The summed E-state index contributed by atoms with van der Waals surface area (Å²) in [5.41, 5.74) is 1.18. The highest BCUT2D eigenvalue weighted by molar-refractivity contribution is 5.13. The Hall–Kier alpha value is -0.900. The van der Waals surface area contributed by atoms with Gasteiger partial charge in [-0.2, -0.15) is 0 Å². The molecule has 2 atom stereocenters. The number of hydrogen-bond acceptors (Lipinski definition) is 3. The number of ether oxygens (including phenoxy) is 3. The maximum absolute atomic E-state index is 5.74. The van der Waals surface area contributed by atoms with Crippen molar-refractivity contribution in [2.75, 3.05) is 13.7 Å². The van der Waals surface area contributed by atoms with Gasteiger partial charge in [0, 0.05) is 13.5 Å². The van der Waals surface area contributed by atoms with Gasteiger partial charge in [-0.3, -0.25) is 0 Å². The van der Waals surface area contributed by atoms with E-state index in [1.54, 1.807) is 7.11 Å². The van der Waals surface area contributed by atoms with E-state index in [0.29, 0.717) is 6.61 Å². The number of benzene rings is 1. The van der Waals surface area contributed by atoms with Crippen molar-refractivity contribution in [3.05, 3.63) is 35.9 Å². The van der Waals surface area contributed by atoms with E-state index in [9.17, 15) is 0 Å². The molecule has 0 radical (unpaired) electrons. The van der Waals surface area contributed by atoms with Crippen LogP contribution in [0.5, 0.6) is 0 Å². The second-order valence-electron chi connectivity index (χ2n) is 3.60. The third kappa shape index (κ3) is 2.78. The summed E-state index contributed by atoms with van der Waals surface area (Å²) < 4.78 is 16.3. The van der Waals surface area contributed by atoms with Crippen LogP contribution in [0.25, 0.3) is 0 Å². The van der Waals surface area contributed by atoms with E-state index in [1.807, 2.05) is 18.2 Å². The first-order valence-electron chi connectivity index (χ1n) is 5.20. The fourth-order valence-electron chi connectivity index (χ4n) is 1.70. The molecule has 1 fully saturated rings. The van der Waals surface area contributed by atoms with Crippen LogP contribution in [-0.2, 0) is 20.8 Å². The highest BCUT2D eigenvalue weighted by atomic mass is 16.7. The average molecular weight is 208 g/mol. The second-order valence-corrected chi connectivity index (χ2v) is 3.60. The minimum absolute atomic E-state index is 0.0650. The molecule has 1 aliphatic rings. The fraction of sp³-hybridized carbons (Fsp3) is 0.500. The molecule has 1 saturated heterocycles. The molecule has 0 spiro atoms. The van der Waals surface area contributed by atoms with E-state index in [1.165, 1.54) is 5.56 Å². The van der Waals surface area contributed by atoms with Crippen LogP contribution in [0.4, 0.5) is 0 Å². The molecular formula is C12H16O3. The molecule has 0 aromatic heterocycles. The highest BCUT2D eigenvalue weighted by Gasteiger charge is 2.28. The van der Waals surface area contributed by atoms with E-state index >= 15 is 0 Å². The van der Waals surface area contributed by atoms with Crippen molar-refractivity contribution in [3.63, 3.8) is 0 Å². The summed E-state index contributed by atoms with van der Waals surface area (Å²) in [6.45, 7) is 1.34. The van der Waals surface area contributed by atoms with Gasteiger partial charge in [0.05, 0.1) is 13.2 Å². The van der Waals surface area contributed by atoms with Crippen molar-refractivity contribution < 1.29 is 14.2 Å². The van der Waals surface area contributed by atoms with Gasteiger partial charge in [-0.1, -0.05) is 30.3 Å². The number of rotatable bonds is 4. The summed E-state index contributed by atoms with van der Waals surface area (Å²) in [6, 6.07) is 10.1. The van der Waals surface area contributed by atoms with Gasteiger partial charge in [0.25, 0.3) is 0 Å². The molecular weight excluding hydrogens is 192 g/mol. The van der Waals surface area contributed by atoms with Crippen LogP contribution in [0.2, 0.25) is 0 Å². The van der Waals surface area contributed by atoms with E-state index in [2.05, 4.69) is 12.1 Å². The maximum Gasteiger partial charge on any atom is 0.183 e. The third-order valence-corrected chi connectivity index (χ3v) is 2.53. The van der Waals surface area contributed by atoms with Gasteiger partial charge in [0.1, 0.15) is 6.10 Å². The minimum atomic E-state index is -0.200. The average Bonchev–Trinajstić information content (AvgIpc) is 2.75. The normalized spacial score (nSPS) is 25.7. The Bertz CT molecular complexity index is 286. The first-order valence-corrected chi connectivity index (χ1v) is 5.20. The zero-order valence-corrected chi connectivity index (χ0v) is 8.89. The molecule has 3 heteroatoms. The summed E-state index contributed by atoms with van der Waals surface area (Å²) in [7, 11) is 1.65. The lowest BCUT2D eigenvalue weighted by Gasteiger charge is -2.17. The van der Waals surface area contributed by atoms with Gasteiger partial charge in [-0.25, -0.2) is 0 Å². The monoisotopic (exact) mass is 208 g/mol. The van der Waals surface area contributed by atoms with Gasteiger partial charge in [-0.15, -0.1) is 0 Å². The van der Waals surface area contributed by atoms with Gasteiger partial charge < -0.3 is 14.2 Å². The Labute approximate surface area is 90.0 Å². The van der Waals surface area contributed by atoms with Crippen LogP contribution in [0.15, 0.2) is 30.3 Å². The summed E-state index contributed by atoms with van der Waals surface area (Å²) >= 11 is 0. The summed E-state index contributed by atoms with van der Waals surface area (Å²) in [6.07, 6.45) is 0.773. The van der Waals surface area contributed by atoms with Crippen LogP contribution in [0.3, 0.4) is 0 Å². The first-order chi connectivity index (χ1) is 7.40. The van der Waals surface area contributed by atoms with Crippen LogP contribution < -0.4 is 0 Å². The van der Waals surface area contributed by atoms with Crippen molar-refractivity contribution >= 4 is 0 Å². The molecule has 15 heavy (non-hydrogen) atoms. The molecule has 0 bridgehead atoms. The predicted octanol–water partition coefficient (Wildman–Crippen LogP) is 1.96. The van der Waals surface area contributed by atoms with Crippen LogP contribution >= 0.6 is 0 Å². The van der Waals surface area contributed by atoms with Crippen molar-refractivity contribution in [2.24, 2.45) is 0 Å². The summed E-state index contributed by atoms with van der Waals surface area (Å²) in [5.74, 6) is 0. The molecule has 0 unspecified atom stereocenters. The molecule has 2 rings (SSSR count). The topological polar surface area (TPSA) is 27.7 Å². The molecule has 0 amide bonds. The first kappa shape index (κ1) is 10.6. The predicted molar refractivity (Wildman–Crippen MR) is 56.4 cm³/mol. The Kier molecular flexibility index (Phi) is 3.72. The van der Waals surface area contributed by atoms with Gasteiger partial charge >= 0.3 is 0 Å². The van der Waals surface area contributed by atoms with Crippen molar-refractivity contribution in [1.82, 2.24) is 0 Å². The van der Waals surface area contributed by atoms with Gasteiger partial charge in [0.2, 0.25) is 0 Å². The lowest BCUT2D eigenvalue weighted by atomic mass is 10.2. The SMILES string of the molecule is CO[C@H]1OCC[C@@H]1OCc1ccccc1. The zero-order chi connectivity index (χ0) is 10.5. The highest BCUT2D eigenvalue weighted by Crippen LogP contribution is 2.18. The molecule has 1 aromatic rings. The second kappa shape index (κ2) is 5.26. The molecule has 0 saturated carbocycles. The molecule has 1 heterocycles. The maximum atomic E-state index is 5.74. The Morgan fingerprint density at radius 1 is 1.33 bits per heavy atom.